The van der Waals surface area contributed by atoms with E-state index in [9.17, 15) is 0 Å². The SMILES string of the molecule is CCOc1c(Cl)cc(CNC(=NC)NCc2ccc(OC)cc2)cc1OC.I. The number of methoxy groups -OCH3 is 2. The van der Waals surface area contributed by atoms with Crippen molar-refractivity contribution < 1.29 is 14.2 Å². The highest BCUT2D eigenvalue weighted by atomic mass is 127. The number of nitrogens with one attached hydrogen (secondary N) is 2. The zero-order chi connectivity index (χ0) is 19.6. The molecule has 0 fully saturated rings. The molecule has 2 N–H and O–H groups in total. The molecule has 28 heavy (non-hydrogen) atoms. The number of rotatable bonds is 8. The summed E-state index contributed by atoms with van der Waals surface area (Å²) in [7, 11) is 4.98. The van der Waals surface area contributed by atoms with E-state index < -0.39 is 0 Å². The lowest BCUT2D eigenvalue weighted by Gasteiger charge is -2.15. The van der Waals surface area contributed by atoms with E-state index in [0.717, 1.165) is 16.9 Å². The van der Waals surface area contributed by atoms with Crippen molar-refractivity contribution in [1.82, 2.24) is 10.6 Å². The van der Waals surface area contributed by atoms with Gasteiger partial charge in [-0.1, -0.05) is 23.7 Å². The van der Waals surface area contributed by atoms with Gasteiger partial charge in [0.15, 0.2) is 17.5 Å². The minimum Gasteiger partial charge on any atom is -0.497 e. The van der Waals surface area contributed by atoms with E-state index in [0.29, 0.717) is 42.2 Å². The Morgan fingerprint density at radius 3 is 2.18 bits per heavy atom. The van der Waals surface area contributed by atoms with Gasteiger partial charge in [-0.2, -0.15) is 0 Å². The molecule has 2 aromatic carbocycles. The molecule has 0 aliphatic carbocycles. The molecule has 0 unspecified atom stereocenters. The van der Waals surface area contributed by atoms with Gasteiger partial charge in [0, 0.05) is 20.1 Å². The van der Waals surface area contributed by atoms with Crippen LogP contribution >= 0.6 is 35.6 Å². The average molecular weight is 520 g/mol. The number of nitrogens with zero attached hydrogens (tertiary/aromatic N) is 1. The van der Waals surface area contributed by atoms with Gasteiger partial charge in [-0.3, -0.25) is 4.99 Å². The van der Waals surface area contributed by atoms with Crippen molar-refractivity contribution in [3.63, 3.8) is 0 Å². The van der Waals surface area contributed by atoms with E-state index in [-0.39, 0.29) is 24.0 Å². The number of guanidine groups is 1. The van der Waals surface area contributed by atoms with E-state index in [4.69, 9.17) is 25.8 Å². The molecule has 0 heterocycles. The van der Waals surface area contributed by atoms with Crippen molar-refractivity contribution in [2.24, 2.45) is 4.99 Å². The molecule has 0 atom stereocenters. The Bertz CT molecular complexity index is 770. The molecular weight excluding hydrogens is 493 g/mol. The van der Waals surface area contributed by atoms with Gasteiger partial charge in [0.05, 0.1) is 25.8 Å². The monoisotopic (exact) mass is 519 g/mol. The second kappa shape index (κ2) is 12.6. The molecule has 0 aromatic heterocycles. The van der Waals surface area contributed by atoms with Crippen LogP contribution in [0.15, 0.2) is 41.4 Å². The lowest BCUT2D eigenvalue weighted by atomic mass is 10.2. The molecule has 0 radical (unpaired) electrons. The van der Waals surface area contributed by atoms with Gasteiger partial charge in [0.1, 0.15) is 5.75 Å². The maximum absolute atomic E-state index is 6.32. The summed E-state index contributed by atoms with van der Waals surface area (Å²) in [4.78, 5) is 4.24. The summed E-state index contributed by atoms with van der Waals surface area (Å²) < 4.78 is 16.1. The average Bonchev–Trinajstić information content (AvgIpc) is 2.70. The van der Waals surface area contributed by atoms with Crippen LogP contribution in [0.2, 0.25) is 5.02 Å². The Labute approximate surface area is 188 Å². The fourth-order valence-electron chi connectivity index (χ4n) is 2.50. The first kappa shape index (κ1) is 24.2. The molecule has 0 bridgehead atoms. The third-order valence-electron chi connectivity index (χ3n) is 3.88. The molecule has 2 rings (SSSR count). The first-order valence-corrected chi connectivity index (χ1v) is 9.05. The van der Waals surface area contributed by atoms with Crippen LogP contribution < -0.4 is 24.8 Å². The first-order chi connectivity index (χ1) is 13.1. The van der Waals surface area contributed by atoms with Crippen LogP contribution in [0.4, 0.5) is 0 Å². The smallest absolute Gasteiger partial charge is 0.191 e. The van der Waals surface area contributed by atoms with E-state index in [1.807, 2.05) is 43.3 Å². The number of aliphatic imine (C=N–C) groups is 1. The predicted octanol–water partition coefficient (Wildman–Crippen LogP) is 4.24. The van der Waals surface area contributed by atoms with E-state index in [2.05, 4.69) is 15.6 Å². The van der Waals surface area contributed by atoms with Crippen LogP contribution in [0.5, 0.6) is 17.2 Å². The quantitative estimate of drug-likeness (QED) is 0.310. The van der Waals surface area contributed by atoms with Crippen LogP contribution in [0, 0.1) is 0 Å². The second-order valence-corrected chi connectivity index (χ2v) is 6.08. The number of hydrogen-bond donors (Lipinski definition) is 2. The molecule has 0 amide bonds. The summed E-state index contributed by atoms with van der Waals surface area (Å²) in [5.74, 6) is 2.70. The largest absolute Gasteiger partial charge is 0.497 e. The fraction of sp³-hybridized carbons (Fsp3) is 0.350. The van der Waals surface area contributed by atoms with Crippen molar-refractivity contribution in [2.45, 2.75) is 20.0 Å². The Morgan fingerprint density at radius 2 is 1.64 bits per heavy atom. The molecule has 8 heteroatoms. The lowest BCUT2D eigenvalue weighted by molar-refractivity contribution is 0.311. The first-order valence-electron chi connectivity index (χ1n) is 8.67. The molecule has 0 saturated carbocycles. The Balaban J connectivity index is 0.00000392. The molecule has 2 aromatic rings. The molecule has 0 aliphatic rings. The minimum absolute atomic E-state index is 0. The molecule has 0 aliphatic heterocycles. The van der Waals surface area contributed by atoms with Crippen LogP contribution in [0.3, 0.4) is 0 Å². The highest BCUT2D eigenvalue weighted by molar-refractivity contribution is 14.0. The van der Waals surface area contributed by atoms with Crippen molar-refractivity contribution in [2.75, 3.05) is 27.9 Å². The van der Waals surface area contributed by atoms with E-state index >= 15 is 0 Å². The van der Waals surface area contributed by atoms with Crippen molar-refractivity contribution >= 4 is 41.5 Å². The number of benzene rings is 2. The normalized spacial score (nSPS) is 10.7. The minimum atomic E-state index is 0. The van der Waals surface area contributed by atoms with Crippen molar-refractivity contribution in [3.8, 4) is 17.2 Å². The summed E-state index contributed by atoms with van der Waals surface area (Å²) in [6, 6.07) is 11.6. The number of halogens is 2. The standard InChI is InChI=1S/C20H26ClN3O3.HI/c1-5-27-19-17(21)10-15(11-18(19)26-4)13-24-20(22-2)23-12-14-6-8-16(25-3)9-7-14;/h6-11H,5,12-13H2,1-4H3,(H2,22,23,24);1H. The summed E-state index contributed by atoms with van der Waals surface area (Å²) >= 11 is 6.32. The number of hydrogen-bond acceptors (Lipinski definition) is 4. The summed E-state index contributed by atoms with van der Waals surface area (Å²) in [6.07, 6.45) is 0. The molecule has 6 nitrogen and oxygen atoms in total. The second-order valence-electron chi connectivity index (χ2n) is 5.67. The van der Waals surface area contributed by atoms with E-state index in [1.54, 1.807) is 21.3 Å². The zero-order valence-electron chi connectivity index (χ0n) is 16.5. The van der Waals surface area contributed by atoms with Gasteiger partial charge in [-0.05, 0) is 42.3 Å². The van der Waals surface area contributed by atoms with Crippen LogP contribution in [-0.4, -0.2) is 33.8 Å². The Morgan fingerprint density at radius 1 is 1.00 bits per heavy atom. The van der Waals surface area contributed by atoms with E-state index in [1.165, 1.54) is 0 Å². The molecule has 0 spiro atoms. The van der Waals surface area contributed by atoms with Crippen molar-refractivity contribution in [3.05, 3.63) is 52.5 Å². The Hall–Kier alpha value is -1.87. The van der Waals surface area contributed by atoms with Crippen LogP contribution in [0.1, 0.15) is 18.1 Å². The molecule has 0 saturated heterocycles. The highest BCUT2D eigenvalue weighted by Gasteiger charge is 2.12. The van der Waals surface area contributed by atoms with Gasteiger partial charge in [-0.25, -0.2) is 0 Å². The summed E-state index contributed by atoms with van der Waals surface area (Å²) in [5, 5.41) is 7.07. The topological polar surface area (TPSA) is 64.1 Å². The van der Waals surface area contributed by atoms with Gasteiger partial charge in [0.25, 0.3) is 0 Å². The van der Waals surface area contributed by atoms with Crippen LogP contribution in [0.25, 0.3) is 0 Å². The molecular formula is C20H27ClIN3O3. The number of ether oxygens (including phenoxy) is 3. The highest BCUT2D eigenvalue weighted by Crippen LogP contribution is 2.36. The van der Waals surface area contributed by atoms with Crippen molar-refractivity contribution in [1.29, 1.82) is 0 Å². The third-order valence-corrected chi connectivity index (χ3v) is 4.16. The summed E-state index contributed by atoms with van der Waals surface area (Å²) in [5.41, 5.74) is 2.09. The fourth-order valence-corrected chi connectivity index (χ4v) is 2.78. The lowest BCUT2D eigenvalue weighted by Crippen LogP contribution is -2.36. The third kappa shape index (κ3) is 6.94. The van der Waals surface area contributed by atoms with Gasteiger partial charge in [0.2, 0.25) is 0 Å². The predicted molar refractivity (Wildman–Crippen MR) is 125 cm³/mol. The van der Waals surface area contributed by atoms with Crippen LogP contribution in [-0.2, 0) is 13.1 Å². The van der Waals surface area contributed by atoms with Gasteiger partial charge >= 0.3 is 0 Å². The summed E-state index contributed by atoms with van der Waals surface area (Å²) in [6.45, 7) is 3.63. The maximum Gasteiger partial charge on any atom is 0.191 e. The molecule has 154 valence electrons. The zero-order valence-corrected chi connectivity index (χ0v) is 19.6. The van der Waals surface area contributed by atoms with Gasteiger partial charge in [-0.15, -0.1) is 24.0 Å². The Kier molecular flexibility index (Phi) is 10.8. The van der Waals surface area contributed by atoms with Gasteiger partial charge < -0.3 is 24.8 Å². The maximum atomic E-state index is 6.32.